The number of fused-ring (bicyclic) bond motifs is 1. The summed E-state index contributed by atoms with van der Waals surface area (Å²) in [4.78, 5) is 21.9. The second-order valence-corrected chi connectivity index (χ2v) is 7.61. The molecule has 2 aromatic carbocycles. The summed E-state index contributed by atoms with van der Waals surface area (Å²) in [5.74, 6) is 1.33. The van der Waals surface area contributed by atoms with E-state index in [-0.39, 0.29) is 11.7 Å². The summed E-state index contributed by atoms with van der Waals surface area (Å²) < 4.78 is 5.45. The number of aromatic nitrogens is 2. The van der Waals surface area contributed by atoms with Crippen LogP contribution in [0.5, 0.6) is 0 Å². The molecule has 4 aromatic rings. The fourth-order valence-corrected chi connectivity index (χ4v) is 4.00. The lowest BCUT2D eigenvalue weighted by molar-refractivity contribution is -0.113. The fraction of sp³-hybridized carbons (Fsp3) is 0.174. The summed E-state index contributed by atoms with van der Waals surface area (Å²) in [5.41, 5.74) is 3.93. The van der Waals surface area contributed by atoms with E-state index in [2.05, 4.69) is 22.2 Å². The second-order valence-electron chi connectivity index (χ2n) is 6.65. The highest BCUT2D eigenvalue weighted by Gasteiger charge is 2.14. The first-order valence-corrected chi connectivity index (χ1v) is 10.5. The molecule has 0 bridgehead atoms. The number of para-hydroxylation sites is 2. The van der Waals surface area contributed by atoms with Gasteiger partial charge in [-0.1, -0.05) is 55.1 Å². The number of carbonyl (C=O) groups excluding carboxylic acids is 1. The molecule has 0 aliphatic carbocycles. The standard InChI is InChI=1S/C23H21N3O2S/c1-3-16-9-6-8-15(2)21(16)25-20(27)14-29-23-17-10-4-5-11-18(17)24-22(26-23)19-12-7-13-28-19/h4-13H,3,14H2,1-2H3,(H,25,27). The molecule has 0 fully saturated rings. The molecule has 4 rings (SSSR count). The van der Waals surface area contributed by atoms with Crippen LogP contribution in [0.2, 0.25) is 0 Å². The summed E-state index contributed by atoms with van der Waals surface area (Å²) in [6.45, 7) is 4.10. The highest BCUT2D eigenvalue weighted by molar-refractivity contribution is 8.00. The Labute approximate surface area is 173 Å². The van der Waals surface area contributed by atoms with Crippen LogP contribution >= 0.6 is 11.8 Å². The van der Waals surface area contributed by atoms with E-state index in [1.807, 2.05) is 61.5 Å². The third-order valence-corrected chi connectivity index (χ3v) is 5.65. The van der Waals surface area contributed by atoms with Gasteiger partial charge in [0.1, 0.15) is 5.03 Å². The van der Waals surface area contributed by atoms with Crippen molar-refractivity contribution in [3.8, 4) is 11.6 Å². The van der Waals surface area contributed by atoms with E-state index in [4.69, 9.17) is 4.42 Å². The summed E-state index contributed by atoms with van der Waals surface area (Å²) in [6.07, 6.45) is 2.47. The number of amides is 1. The SMILES string of the molecule is CCc1cccc(C)c1NC(=O)CSc1nc(-c2ccco2)nc2ccccc12. The number of carbonyl (C=O) groups is 1. The van der Waals surface area contributed by atoms with E-state index in [1.165, 1.54) is 11.8 Å². The van der Waals surface area contributed by atoms with Gasteiger partial charge in [-0.25, -0.2) is 9.97 Å². The molecule has 29 heavy (non-hydrogen) atoms. The number of benzene rings is 2. The Hall–Kier alpha value is -3.12. The number of furan rings is 1. The summed E-state index contributed by atoms with van der Waals surface area (Å²) in [5, 5.41) is 4.75. The first kappa shape index (κ1) is 19.2. The van der Waals surface area contributed by atoms with Crippen molar-refractivity contribution < 1.29 is 9.21 Å². The number of nitrogens with zero attached hydrogens (tertiary/aromatic N) is 2. The van der Waals surface area contributed by atoms with E-state index in [1.54, 1.807) is 6.26 Å². The minimum Gasteiger partial charge on any atom is -0.461 e. The average Bonchev–Trinajstić information content (AvgIpc) is 3.28. The van der Waals surface area contributed by atoms with Crippen LogP contribution in [0.15, 0.2) is 70.3 Å². The number of hydrogen-bond donors (Lipinski definition) is 1. The van der Waals surface area contributed by atoms with Crippen molar-refractivity contribution >= 4 is 34.3 Å². The van der Waals surface area contributed by atoms with Crippen molar-refractivity contribution in [2.45, 2.75) is 25.3 Å². The smallest absolute Gasteiger partial charge is 0.234 e. The zero-order valence-corrected chi connectivity index (χ0v) is 17.1. The van der Waals surface area contributed by atoms with Gasteiger partial charge in [0.2, 0.25) is 5.91 Å². The van der Waals surface area contributed by atoms with Gasteiger partial charge in [-0.15, -0.1) is 0 Å². The van der Waals surface area contributed by atoms with Gasteiger partial charge in [-0.2, -0.15) is 0 Å². The molecule has 2 aromatic heterocycles. The highest BCUT2D eigenvalue weighted by Crippen LogP contribution is 2.29. The molecule has 2 heterocycles. The van der Waals surface area contributed by atoms with E-state index < -0.39 is 0 Å². The van der Waals surface area contributed by atoms with Crippen molar-refractivity contribution in [3.63, 3.8) is 0 Å². The molecule has 6 heteroatoms. The van der Waals surface area contributed by atoms with Gasteiger partial charge in [0.05, 0.1) is 17.5 Å². The van der Waals surface area contributed by atoms with Crippen LogP contribution in [0.3, 0.4) is 0 Å². The molecule has 0 saturated carbocycles. The van der Waals surface area contributed by atoms with Gasteiger partial charge < -0.3 is 9.73 Å². The minimum atomic E-state index is -0.0544. The lowest BCUT2D eigenvalue weighted by Gasteiger charge is -2.13. The average molecular weight is 404 g/mol. The van der Waals surface area contributed by atoms with Gasteiger partial charge in [0.15, 0.2) is 11.6 Å². The van der Waals surface area contributed by atoms with Gasteiger partial charge in [-0.3, -0.25) is 4.79 Å². The number of anilines is 1. The zero-order chi connectivity index (χ0) is 20.2. The third kappa shape index (κ3) is 4.17. The predicted molar refractivity (Wildman–Crippen MR) is 117 cm³/mol. The molecule has 5 nitrogen and oxygen atoms in total. The lowest BCUT2D eigenvalue weighted by Crippen LogP contribution is -2.16. The van der Waals surface area contributed by atoms with Crippen molar-refractivity contribution in [2.24, 2.45) is 0 Å². The minimum absolute atomic E-state index is 0.0544. The molecule has 0 atom stereocenters. The van der Waals surface area contributed by atoms with E-state index in [9.17, 15) is 4.79 Å². The first-order chi connectivity index (χ1) is 14.2. The van der Waals surface area contributed by atoms with Crippen molar-refractivity contribution in [3.05, 3.63) is 72.0 Å². The maximum Gasteiger partial charge on any atom is 0.234 e. The Morgan fingerprint density at radius 3 is 2.72 bits per heavy atom. The Bertz CT molecular complexity index is 1160. The summed E-state index contributed by atoms with van der Waals surface area (Å²) in [6, 6.07) is 17.5. The number of rotatable bonds is 6. The highest BCUT2D eigenvalue weighted by atomic mass is 32.2. The molecule has 0 spiro atoms. The van der Waals surface area contributed by atoms with Crippen LogP contribution < -0.4 is 5.32 Å². The Morgan fingerprint density at radius 1 is 1.07 bits per heavy atom. The monoisotopic (exact) mass is 403 g/mol. The second kappa shape index (κ2) is 8.49. The first-order valence-electron chi connectivity index (χ1n) is 9.47. The fourth-order valence-electron chi connectivity index (χ4n) is 3.18. The van der Waals surface area contributed by atoms with Gasteiger partial charge in [0, 0.05) is 11.1 Å². The largest absolute Gasteiger partial charge is 0.461 e. The van der Waals surface area contributed by atoms with Crippen LogP contribution in [0.25, 0.3) is 22.5 Å². The van der Waals surface area contributed by atoms with Crippen molar-refractivity contribution in [1.29, 1.82) is 0 Å². The van der Waals surface area contributed by atoms with Crippen LogP contribution in [-0.2, 0) is 11.2 Å². The summed E-state index contributed by atoms with van der Waals surface area (Å²) >= 11 is 1.40. The van der Waals surface area contributed by atoms with Crippen molar-refractivity contribution in [2.75, 3.05) is 11.1 Å². The Morgan fingerprint density at radius 2 is 1.93 bits per heavy atom. The molecule has 0 radical (unpaired) electrons. The Balaban J connectivity index is 1.57. The van der Waals surface area contributed by atoms with Crippen molar-refractivity contribution in [1.82, 2.24) is 9.97 Å². The molecule has 1 amide bonds. The number of aryl methyl sites for hydroxylation is 2. The maximum atomic E-state index is 12.7. The molecule has 0 aliphatic rings. The van der Waals surface area contributed by atoms with Gasteiger partial charge in [-0.05, 0) is 42.7 Å². The topological polar surface area (TPSA) is 68.0 Å². The lowest BCUT2D eigenvalue weighted by atomic mass is 10.1. The number of thioether (sulfide) groups is 1. The van der Waals surface area contributed by atoms with E-state index in [0.717, 1.165) is 39.2 Å². The molecule has 0 unspecified atom stereocenters. The molecular formula is C23H21N3O2S. The third-order valence-electron chi connectivity index (χ3n) is 4.65. The van der Waals surface area contributed by atoms with E-state index in [0.29, 0.717) is 11.6 Å². The van der Waals surface area contributed by atoms with Gasteiger partial charge >= 0.3 is 0 Å². The molecular weight excluding hydrogens is 382 g/mol. The number of hydrogen-bond acceptors (Lipinski definition) is 5. The van der Waals surface area contributed by atoms with E-state index >= 15 is 0 Å². The van der Waals surface area contributed by atoms with Crippen LogP contribution in [-0.4, -0.2) is 21.6 Å². The normalized spacial score (nSPS) is 11.0. The molecule has 0 saturated heterocycles. The quantitative estimate of drug-likeness (QED) is 0.340. The molecule has 1 N–H and O–H groups in total. The molecule has 0 aliphatic heterocycles. The summed E-state index contributed by atoms with van der Waals surface area (Å²) in [7, 11) is 0. The molecule has 146 valence electrons. The number of nitrogens with one attached hydrogen (secondary N) is 1. The van der Waals surface area contributed by atoms with Crippen LogP contribution in [0, 0.1) is 6.92 Å². The van der Waals surface area contributed by atoms with Gasteiger partial charge in [0.25, 0.3) is 0 Å². The van der Waals surface area contributed by atoms with Crippen LogP contribution in [0.1, 0.15) is 18.1 Å². The van der Waals surface area contributed by atoms with Crippen LogP contribution in [0.4, 0.5) is 5.69 Å². The Kier molecular flexibility index (Phi) is 5.62. The predicted octanol–water partition coefficient (Wildman–Crippen LogP) is 5.49. The maximum absolute atomic E-state index is 12.7. The zero-order valence-electron chi connectivity index (χ0n) is 16.3.